The first kappa shape index (κ1) is 11.8. The highest BCUT2D eigenvalue weighted by Gasteiger charge is 2.10. The van der Waals surface area contributed by atoms with E-state index in [-0.39, 0.29) is 11.3 Å². The molecule has 17 heavy (non-hydrogen) atoms. The Morgan fingerprint density at radius 2 is 2.29 bits per heavy atom. The molecule has 88 valence electrons. The molecule has 2 aromatic rings. The molecule has 0 atom stereocenters. The molecule has 0 saturated carbocycles. The van der Waals surface area contributed by atoms with E-state index in [0.717, 1.165) is 4.34 Å². The van der Waals surface area contributed by atoms with Crippen LogP contribution in [0.25, 0.3) is 0 Å². The molecule has 0 aliphatic heterocycles. The van der Waals surface area contributed by atoms with Gasteiger partial charge in [0, 0.05) is 0 Å². The average molecular weight is 267 g/mol. The number of nitrogens with zero attached hydrogens (tertiary/aromatic N) is 3. The van der Waals surface area contributed by atoms with Crippen molar-refractivity contribution < 1.29 is 4.79 Å². The molecule has 0 radical (unpaired) electrons. The van der Waals surface area contributed by atoms with Gasteiger partial charge < -0.3 is 11.5 Å². The molecule has 8 heteroatoms. The van der Waals surface area contributed by atoms with Crippen molar-refractivity contribution in [3.8, 4) is 0 Å². The summed E-state index contributed by atoms with van der Waals surface area (Å²) in [5.41, 5.74) is 11.3. The van der Waals surface area contributed by atoms with Gasteiger partial charge in [-0.2, -0.15) is 4.37 Å². The van der Waals surface area contributed by atoms with Crippen LogP contribution in [0.4, 0.5) is 5.69 Å². The van der Waals surface area contributed by atoms with Gasteiger partial charge in [-0.3, -0.25) is 4.79 Å². The molecule has 0 aliphatic carbocycles. The van der Waals surface area contributed by atoms with Crippen molar-refractivity contribution in [1.29, 1.82) is 0 Å². The van der Waals surface area contributed by atoms with Crippen molar-refractivity contribution in [1.82, 2.24) is 14.3 Å². The van der Waals surface area contributed by atoms with Crippen LogP contribution in [-0.4, -0.2) is 20.2 Å². The summed E-state index contributed by atoms with van der Waals surface area (Å²) in [4.78, 5) is 19.4. The summed E-state index contributed by atoms with van der Waals surface area (Å²) in [6.45, 7) is 1.81. The van der Waals surface area contributed by atoms with Gasteiger partial charge in [0.05, 0.1) is 17.4 Å². The molecular weight excluding hydrogens is 258 g/mol. The van der Waals surface area contributed by atoms with E-state index < -0.39 is 5.91 Å². The van der Waals surface area contributed by atoms with Crippen LogP contribution in [0.15, 0.2) is 21.6 Å². The molecule has 1 amide bonds. The number of carbonyl (C=O) groups excluding carboxylic acids is 1. The number of rotatable bonds is 3. The van der Waals surface area contributed by atoms with E-state index in [4.69, 9.17) is 11.5 Å². The zero-order chi connectivity index (χ0) is 12.4. The van der Waals surface area contributed by atoms with Crippen LogP contribution in [-0.2, 0) is 0 Å². The van der Waals surface area contributed by atoms with Crippen LogP contribution in [0.3, 0.4) is 0 Å². The zero-order valence-electron chi connectivity index (χ0n) is 8.88. The second kappa shape index (κ2) is 4.68. The van der Waals surface area contributed by atoms with E-state index in [9.17, 15) is 4.79 Å². The fourth-order valence-corrected chi connectivity index (χ4v) is 2.70. The Kier molecular flexibility index (Phi) is 3.25. The molecule has 0 aliphatic rings. The van der Waals surface area contributed by atoms with Crippen molar-refractivity contribution in [2.75, 3.05) is 5.73 Å². The summed E-state index contributed by atoms with van der Waals surface area (Å²) in [7, 11) is 0. The normalized spacial score (nSPS) is 10.4. The molecule has 6 nitrogen and oxygen atoms in total. The van der Waals surface area contributed by atoms with Crippen molar-refractivity contribution in [2.45, 2.75) is 16.3 Å². The third-order valence-electron chi connectivity index (χ3n) is 1.88. The minimum atomic E-state index is -0.569. The number of nitrogen functional groups attached to an aromatic ring is 1. The van der Waals surface area contributed by atoms with Gasteiger partial charge in [-0.25, -0.2) is 9.97 Å². The molecule has 2 aromatic heterocycles. The summed E-state index contributed by atoms with van der Waals surface area (Å²) in [6, 6.07) is 1.55. The Morgan fingerprint density at radius 1 is 1.53 bits per heavy atom. The number of amides is 1. The fraction of sp³-hybridized carbons (Fsp3) is 0.111. The fourth-order valence-electron chi connectivity index (χ4n) is 1.12. The standard InChI is InChI=1S/C9H9N5OS2/c1-4-13-9(17-14-4)16-7-2-5(8(11)15)6(10)3-12-7/h2-3H,10H2,1H3,(H2,11,15). The Labute approximate surface area is 106 Å². The number of anilines is 1. The van der Waals surface area contributed by atoms with Gasteiger partial charge in [0.1, 0.15) is 10.9 Å². The number of pyridine rings is 1. The number of aryl methyl sites for hydroxylation is 1. The molecule has 4 N–H and O–H groups in total. The van der Waals surface area contributed by atoms with E-state index in [1.165, 1.54) is 29.5 Å². The van der Waals surface area contributed by atoms with E-state index >= 15 is 0 Å². The monoisotopic (exact) mass is 267 g/mol. The third kappa shape index (κ3) is 2.71. The maximum absolute atomic E-state index is 11.1. The molecule has 0 fully saturated rings. The first-order valence-electron chi connectivity index (χ1n) is 4.60. The van der Waals surface area contributed by atoms with E-state index in [1.54, 1.807) is 6.07 Å². The SMILES string of the molecule is Cc1nsc(Sc2cc(C(N)=O)c(N)cn2)n1. The highest BCUT2D eigenvalue weighted by Crippen LogP contribution is 2.28. The molecular formula is C9H9N5OS2. The maximum atomic E-state index is 11.1. The first-order valence-corrected chi connectivity index (χ1v) is 6.18. The minimum Gasteiger partial charge on any atom is -0.397 e. The van der Waals surface area contributed by atoms with Crippen LogP contribution in [0.2, 0.25) is 0 Å². The summed E-state index contributed by atoms with van der Waals surface area (Å²) >= 11 is 2.60. The number of aromatic nitrogens is 3. The molecule has 0 saturated heterocycles. The third-order valence-corrected chi connectivity index (χ3v) is 3.65. The average Bonchev–Trinajstić information content (AvgIpc) is 2.66. The summed E-state index contributed by atoms with van der Waals surface area (Å²) in [6.07, 6.45) is 1.41. The molecule has 2 heterocycles. The molecule has 0 aromatic carbocycles. The summed E-state index contributed by atoms with van der Waals surface area (Å²) < 4.78 is 4.81. The van der Waals surface area contributed by atoms with Gasteiger partial charge in [0.15, 0.2) is 4.34 Å². The number of nitrogens with two attached hydrogens (primary N) is 2. The second-order valence-electron chi connectivity index (χ2n) is 3.18. The largest absolute Gasteiger partial charge is 0.397 e. The lowest BCUT2D eigenvalue weighted by Crippen LogP contribution is -2.13. The molecule has 0 spiro atoms. The van der Waals surface area contributed by atoms with Crippen molar-refractivity contribution in [3.05, 3.63) is 23.7 Å². The Morgan fingerprint density at radius 3 is 2.88 bits per heavy atom. The summed E-state index contributed by atoms with van der Waals surface area (Å²) in [5, 5.41) is 0.615. The van der Waals surface area contributed by atoms with Gasteiger partial charge in [0.25, 0.3) is 5.91 Å². The van der Waals surface area contributed by atoms with E-state index in [2.05, 4.69) is 14.3 Å². The van der Waals surface area contributed by atoms with Crippen LogP contribution >= 0.6 is 23.3 Å². The van der Waals surface area contributed by atoms with Crippen LogP contribution < -0.4 is 11.5 Å². The second-order valence-corrected chi connectivity index (χ2v) is 5.20. The van der Waals surface area contributed by atoms with Gasteiger partial charge >= 0.3 is 0 Å². The Balaban J connectivity index is 2.28. The number of hydrogen-bond donors (Lipinski definition) is 2. The summed E-state index contributed by atoms with van der Waals surface area (Å²) in [5.74, 6) is 0.142. The van der Waals surface area contributed by atoms with Gasteiger partial charge in [-0.15, -0.1) is 0 Å². The van der Waals surface area contributed by atoms with Gasteiger partial charge in [-0.05, 0) is 36.3 Å². The first-order chi connectivity index (χ1) is 8.06. The van der Waals surface area contributed by atoms with Crippen LogP contribution in [0.5, 0.6) is 0 Å². The van der Waals surface area contributed by atoms with Crippen molar-refractivity contribution in [2.24, 2.45) is 5.73 Å². The van der Waals surface area contributed by atoms with Crippen LogP contribution in [0.1, 0.15) is 16.2 Å². The van der Waals surface area contributed by atoms with Gasteiger partial charge in [0.2, 0.25) is 0 Å². The zero-order valence-corrected chi connectivity index (χ0v) is 10.5. The van der Waals surface area contributed by atoms with Crippen molar-refractivity contribution in [3.63, 3.8) is 0 Å². The predicted octanol–water partition coefficient (Wildman–Crippen LogP) is 1.07. The van der Waals surface area contributed by atoms with E-state index in [1.807, 2.05) is 6.92 Å². The van der Waals surface area contributed by atoms with E-state index in [0.29, 0.717) is 10.9 Å². The maximum Gasteiger partial charge on any atom is 0.250 e. The Bertz CT molecular complexity index is 568. The topological polar surface area (TPSA) is 108 Å². The Hall–Kier alpha value is -1.67. The smallest absolute Gasteiger partial charge is 0.250 e. The van der Waals surface area contributed by atoms with Gasteiger partial charge in [-0.1, -0.05) is 0 Å². The number of carbonyl (C=O) groups is 1. The molecule has 0 unspecified atom stereocenters. The lowest BCUT2D eigenvalue weighted by atomic mass is 10.2. The highest BCUT2D eigenvalue weighted by molar-refractivity contribution is 8.00. The number of hydrogen-bond acceptors (Lipinski definition) is 7. The van der Waals surface area contributed by atoms with Crippen LogP contribution in [0, 0.1) is 6.92 Å². The molecule has 2 rings (SSSR count). The lowest BCUT2D eigenvalue weighted by Gasteiger charge is -2.02. The molecule has 0 bridgehead atoms. The van der Waals surface area contributed by atoms with Crippen molar-refractivity contribution >= 4 is 34.9 Å². The number of primary amides is 1. The predicted molar refractivity (Wildman–Crippen MR) is 65.9 cm³/mol. The lowest BCUT2D eigenvalue weighted by molar-refractivity contribution is 0.100. The quantitative estimate of drug-likeness (QED) is 0.861. The minimum absolute atomic E-state index is 0.267. The highest BCUT2D eigenvalue weighted by atomic mass is 32.2.